The fourth-order valence-electron chi connectivity index (χ4n) is 2.72. The highest BCUT2D eigenvalue weighted by molar-refractivity contribution is 5.28. The average Bonchev–Trinajstić information content (AvgIpc) is 2.36. The summed E-state index contributed by atoms with van der Waals surface area (Å²) in [4.78, 5) is 8.35. The zero-order chi connectivity index (χ0) is 13.0. The summed E-state index contributed by atoms with van der Waals surface area (Å²) in [6.07, 6.45) is 7.30. The molecule has 0 aromatic carbocycles. The Kier molecular flexibility index (Phi) is 4.49. The topological polar surface area (TPSA) is 73.1 Å². The van der Waals surface area contributed by atoms with Crippen molar-refractivity contribution in [2.24, 2.45) is 17.7 Å². The summed E-state index contributed by atoms with van der Waals surface area (Å²) in [5.41, 5.74) is 3.30. The van der Waals surface area contributed by atoms with Gasteiger partial charge in [-0.25, -0.2) is 10.8 Å². The van der Waals surface area contributed by atoms with Crippen LogP contribution in [0.25, 0.3) is 0 Å². The Morgan fingerprint density at radius 1 is 1.22 bits per heavy atom. The molecule has 5 heteroatoms. The molecule has 1 aromatic heterocycles. The lowest BCUT2D eigenvalue weighted by Gasteiger charge is -2.31. The first-order chi connectivity index (χ1) is 8.67. The van der Waals surface area contributed by atoms with Crippen LogP contribution >= 0.6 is 0 Å². The van der Waals surface area contributed by atoms with Gasteiger partial charge in [-0.05, 0) is 31.1 Å². The Bertz CT molecular complexity index is 358. The predicted octanol–water partition coefficient (Wildman–Crippen LogP) is 2.10. The van der Waals surface area contributed by atoms with Crippen molar-refractivity contribution in [3.05, 3.63) is 18.1 Å². The van der Waals surface area contributed by atoms with Crippen LogP contribution in [0.5, 0.6) is 0 Å². The molecule has 2 rings (SSSR count). The molecule has 1 heterocycles. The van der Waals surface area contributed by atoms with E-state index < -0.39 is 0 Å². The minimum atomic E-state index is 0.359. The van der Waals surface area contributed by atoms with Crippen molar-refractivity contribution in [1.82, 2.24) is 9.97 Å². The maximum atomic E-state index is 5.93. The number of nitrogen functional groups attached to an aromatic ring is 1. The Labute approximate surface area is 108 Å². The van der Waals surface area contributed by atoms with Crippen LogP contribution in [0.15, 0.2) is 12.4 Å². The number of anilines is 1. The van der Waals surface area contributed by atoms with Gasteiger partial charge in [0.1, 0.15) is 0 Å². The lowest BCUT2D eigenvalue weighted by molar-refractivity contribution is -0.0106. The largest absolute Gasteiger partial charge is 0.372 e. The number of ether oxygens (including phenoxy) is 1. The standard InChI is InChI=1S/C13H22N4O/c1-9-3-10(2)5-12(4-9)18-8-11-6-16-13(17-14)7-15-11/h6-7,9-10,12H,3-5,8,14H2,1-2H3,(H,16,17). The molecule has 0 saturated heterocycles. The summed E-state index contributed by atoms with van der Waals surface area (Å²) < 4.78 is 5.93. The maximum Gasteiger partial charge on any atom is 0.158 e. The van der Waals surface area contributed by atoms with E-state index in [1.807, 2.05) is 0 Å². The van der Waals surface area contributed by atoms with Crippen molar-refractivity contribution in [1.29, 1.82) is 0 Å². The van der Waals surface area contributed by atoms with Gasteiger partial charge in [-0.15, -0.1) is 0 Å². The first-order valence-corrected chi connectivity index (χ1v) is 6.56. The molecule has 0 amide bonds. The van der Waals surface area contributed by atoms with Crippen molar-refractivity contribution < 1.29 is 4.74 Å². The van der Waals surface area contributed by atoms with Crippen LogP contribution < -0.4 is 11.3 Å². The van der Waals surface area contributed by atoms with Crippen LogP contribution in [0.1, 0.15) is 38.8 Å². The molecule has 1 fully saturated rings. The highest BCUT2D eigenvalue weighted by Crippen LogP contribution is 2.30. The van der Waals surface area contributed by atoms with E-state index in [0.29, 0.717) is 18.5 Å². The quantitative estimate of drug-likeness (QED) is 0.632. The summed E-state index contributed by atoms with van der Waals surface area (Å²) in [6.45, 7) is 5.13. The normalized spacial score (nSPS) is 28.1. The van der Waals surface area contributed by atoms with Gasteiger partial charge >= 0.3 is 0 Å². The van der Waals surface area contributed by atoms with Gasteiger partial charge < -0.3 is 10.2 Å². The van der Waals surface area contributed by atoms with Gasteiger partial charge in [-0.3, -0.25) is 4.98 Å². The predicted molar refractivity (Wildman–Crippen MR) is 70.6 cm³/mol. The lowest BCUT2D eigenvalue weighted by atomic mass is 9.82. The first-order valence-electron chi connectivity index (χ1n) is 6.56. The van der Waals surface area contributed by atoms with Crippen molar-refractivity contribution >= 4 is 5.82 Å². The molecule has 0 spiro atoms. The van der Waals surface area contributed by atoms with E-state index in [0.717, 1.165) is 30.4 Å². The smallest absolute Gasteiger partial charge is 0.158 e. The monoisotopic (exact) mass is 250 g/mol. The molecule has 0 bridgehead atoms. The number of nitrogens with one attached hydrogen (secondary N) is 1. The number of hydrogen-bond donors (Lipinski definition) is 2. The van der Waals surface area contributed by atoms with Crippen LogP contribution in [0, 0.1) is 11.8 Å². The Hall–Kier alpha value is -1.20. The van der Waals surface area contributed by atoms with Crippen LogP contribution in [0.3, 0.4) is 0 Å². The molecule has 1 saturated carbocycles. The van der Waals surface area contributed by atoms with Gasteiger partial charge in [0, 0.05) is 0 Å². The Morgan fingerprint density at radius 3 is 2.50 bits per heavy atom. The second kappa shape index (κ2) is 6.11. The number of aromatic nitrogens is 2. The molecular weight excluding hydrogens is 228 g/mol. The summed E-state index contributed by atoms with van der Waals surface area (Å²) in [6, 6.07) is 0. The zero-order valence-corrected chi connectivity index (χ0v) is 11.1. The number of rotatable bonds is 4. The lowest BCUT2D eigenvalue weighted by Crippen LogP contribution is -2.26. The van der Waals surface area contributed by atoms with E-state index >= 15 is 0 Å². The molecular formula is C13H22N4O. The highest BCUT2D eigenvalue weighted by atomic mass is 16.5. The van der Waals surface area contributed by atoms with E-state index in [1.165, 1.54) is 6.42 Å². The Balaban J connectivity index is 1.83. The third-order valence-corrected chi connectivity index (χ3v) is 3.46. The fourth-order valence-corrected chi connectivity index (χ4v) is 2.72. The van der Waals surface area contributed by atoms with Gasteiger partial charge in [0.15, 0.2) is 5.82 Å². The molecule has 1 aliphatic rings. The summed E-state index contributed by atoms with van der Waals surface area (Å²) in [5, 5.41) is 0. The van der Waals surface area contributed by atoms with Gasteiger partial charge in [-0.2, -0.15) is 0 Å². The summed E-state index contributed by atoms with van der Waals surface area (Å²) in [5.74, 6) is 7.32. The number of nitrogens with zero attached hydrogens (tertiary/aromatic N) is 2. The van der Waals surface area contributed by atoms with E-state index in [1.54, 1.807) is 12.4 Å². The fraction of sp³-hybridized carbons (Fsp3) is 0.692. The molecule has 0 aliphatic heterocycles. The van der Waals surface area contributed by atoms with E-state index in [9.17, 15) is 0 Å². The number of hydrazine groups is 1. The molecule has 1 aliphatic carbocycles. The molecule has 100 valence electrons. The van der Waals surface area contributed by atoms with Crippen molar-refractivity contribution in [3.63, 3.8) is 0 Å². The molecule has 18 heavy (non-hydrogen) atoms. The van der Waals surface area contributed by atoms with Gasteiger partial charge in [0.2, 0.25) is 0 Å². The van der Waals surface area contributed by atoms with Gasteiger partial charge in [0.25, 0.3) is 0 Å². The number of nitrogens with two attached hydrogens (primary N) is 1. The molecule has 1 aromatic rings. The number of hydrogen-bond acceptors (Lipinski definition) is 5. The van der Waals surface area contributed by atoms with E-state index in [-0.39, 0.29) is 0 Å². The van der Waals surface area contributed by atoms with Crippen LogP contribution in [-0.2, 0) is 11.3 Å². The van der Waals surface area contributed by atoms with Crippen molar-refractivity contribution in [2.75, 3.05) is 5.43 Å². The van der Waals surface area contributed by atoms with E-state index in [2.05, 4.69) is 29.2 Å². The molecule has 5 nitrogen and oxygen atoms in total. The average molecular weight is 250 g/mol. The van der Waals surface area contributed by atoms with Crippen molar-refractivity contribution in [3.8, 4) is 0 Å². The van der Waals surface area contributed by atoms with E-state index in [4.69, 9.17) is 10.6 Å². The second-order valence-electron chi connectivity index (χ2n) is 5.39. The first kappa shape index (κ1) is 13.2. The molecule has 3 N–H and O–H groups in total. The third-order valence-electron chi connectivity index (χ3n) is 3.46. The van der Waals surface area contributed by atoms with Crippen molar-refractivity contribution in [2.45, 2.75) is 45.8 Å². The minimum Gasteiger partial charge on any atom is -0.372 e. The maximum absolute atomic E-state index is 5.93. The molecule has 2 unspecified atom stereocenters. The van der Waals surface area contributed by atoms with Crippen LogP contribution in [0.4, 0.5) is 5.82 Å². The minimum absolute atomic E-state index is 0.359. The zero-order valence-electron chi connectivity index (χ0n) is 11.1. The highest BCUT2D eigenvalue weighted by Gasteiger charge is 2.24. The summed E-state index contributed by atoms with van der Waals surface area (Å²) >= 11 is 0. The molecule has 2 atom stereocenters. The Morgan fingerprint density at radius 2 is 1.94 bits per heavy atom. The SMILES string of the molecule is CC1CC(C)CC(OCc2cnc(NN)cn2)C1. The summed E-state index contributed by atoms with van der Waals surface area (Å²) in [7, 11) is 0. The third kappa shape index (κ3) is 3.65. The van der Waals surface area contributed by atoms with Crippen LogP contribution in [0.2, 0.25) is 0 Å². The second-order valence-corrected chi connectivity index (χ2v) is 5.39. The van der Waals surface area contributed by atoms with Gasteiger partial charge in [-0.1, -0.05) is 13.8 Å². The molecule has 0 radical (unpaired) electrons. The van der Waals surface area contributed by atoms with Crippen LogP contribution in [-0.4, -0.2) is 16.1 Å². The van der Waals surface area contributed by atoms with Gasteiger partial charge in [0.05, 0.1) is 30.8 Å².